The summed E-state index contributed by atoms with van der Waals surface area (Å²) in [5.41, 5.74) is 0. The third kappa shape index (κ3) is 20.7. The second kappa shape index (κ2) is 1.82. The molecule has 1 radical (unpaired) electrons. The summed E-state index contributed by atoms with van der Waals surface area (Å²) in [7, 11) is 0. The van der Waals surface area contributed by atoms with Crippen molar-refractivity contribution in [1.82, 2.24) is 0 Å². The van der Waals surface area contributed by atoms with Gasteiger partial charge in [0.05, 0.1) is 0 Å². The minimum Gasteiger partial charge on any atom is -0.197 e. The molecule has 0 saturated heterocycles. The Kier molecular flexibility index (Phi) is 2.07. The molecule has 0 N–H and O–H groups in total. The van der Waals surface area contributed by atoms with Crippen LogP contribution in [-0.2, 0) is 5.11 Å². The van der Waals surface area contributed by atoms with E-state index in [1.807, 2.05) is 0 Å². The van der Waals surface area contributed by atoms with E-state index in [9.17, 15) is 0 Å². The van der Waals surface area contributed by atoms with Crippen molar-refractivity contribution in [2.75, 3.05) is 0 Å². The third-order valence-corrected chi connectivity index (χ3v) is 0. The predicted octanol–water partition coefficient (Wildman–Crippen LogP) is 1.18. The molecule has 0 aromatic heterocycles. The monoisotopic (exact) mass is 98.9 g/mol. The molecule has 0 aromatic rings. The van der Waals surface area contributed by atoms with Gasteiger partial charge in [-0.15, -0.1) is 0 Å². The first kappa shape index (κ1) is 4.54. The third-order valence-electron chi connectivity index (χ3n) is 0. The van der Waals surface area contributed by atoms with Crippen molar-refractivity contribution < 1.29 is 5.11 Å². The van der Waals surface area contributed by atoms with Crippen molar-refractivity contribution >= 4 is 23.2 Å². The standard InChI is InChI=1S/CHCl2O/c2-1(3)4/h1H. The van der Waals surface area contributed by atoms with Crippen LogP contribution in [0, 0.1) is 0 Å². The van der Waals surface area contributed by atoms with Crippen molar-refractivity contribution in [3.8, 4) is 0 Å². The first-order valence-corrected chi connectivity index (χ1v) is 1.55. The van der Waals surface area contributed by atoms with Crippen LogP contribution in [0.25, 0.3) is 0 Å². The molecule has 0 aliphatic heterocycles. The van der Waals surface area contributed by atoms with Crippen LogP contribution in [-0.4, -0.2) is 5.02 Å². The molecule has 0 fully saturated rings. The Hall–Kier alpha value is 0.540. The largest absolute Gasteiger partial charge is 0.239 e. The van der Waals surface area contributed by atoms with Gasteiger partial charge in [-0.3, -0.25) is 0 Å². The molecule has 0 rings (SSSR count). The van der Waals surface area contributed by atoms with E-state index in [-0.39, 0.29) is 0 Å². The van der Waals surface area contributed by atoms with E-state index in [1.165, 1.54) is 0 Å². The molecule has 0 aromatic carbocycles. The zero-order valence-corrected chi connectivity index (χ0v) is 3.25. The Morgan fingerprint density at radius 3 is 1.50 bits per heavy atom. The first-order valence-electron chi connectivity index (χ1n) is 0.672. The second-order valence-corrected chi connectivity index (χ2v) is 1.28. The van der Waals surface area contributed by atoms with E-state index >= 15 is 0 Å². The number of hydrogen-bond acceptors (Lipinski definition) is 0. The number of halogens is 2. The Balaban J connectivity index is 2.32. The molecule has 0 aliphatic rings. The summed E-state index contributed by atoms with van der Waals surface area (Å²) in [6.07, 6.45) is 0. The van der Waals surface area contributed by atoms with Crippen LogP contribution in [0.3, 0.4) is 0 Å². The molecule has 0 spiro atoms. The van der Waals surface area contributed by atoms with Gasteiger partial charge in [0.2, 0.25) is 5.02 Å². The first-order chi connectivity index (χ1) is 1.73. The quantitative estimate of drug-likeness (QED) is 0.407. The van der Waals surface area contributed by atoms with E-state index < -0.39 is 5.02 Å². The van der Waals surface area contributed by atoms with Gasteiger partial charge in [-0.2, -0.15) is 5.11 Å². The lowest BCUT2D eigenvalue weighted by Gasteiger charge is -1.68. The molecular weight excluding hydrogens is 98.9 g/mol. The fourth-order valence-corrected chi connectivity index (χ4v) is 0. The summed E-state index contributed by atoms with van der Waals surface area (Å²) in [4.78, 5) is 0. The molecule has 1 nitrogen and oxygen atoms in total. The molecule has 0 amide bonds. The van der Waals surface area contributed by atoms with E-state index in [4.69, 9.17) is 5.11 Å². The number of rotatable bonds is 0. The maximum Gasteiger partial charge on any atom is 0.239 e. The molecule has 3 heteroatoms. The second-order valence-electron chi connectivity index (χ2n) is 0.261. The highest BCUT2D eigenvalue weighted by molar-refractivity contribution is 6.42. The zero-order valence-electron chi connectivity index (χ0n) is 1.74. The van der Waals surface area contributed by atoms with E-state index in [0.29, 0.717) is 0 Å². The molecule has 0 unspecified atom stereocenters. The van der Waals surface area contributed by atoms with Crippen LogP contribution in [0.2, 0.25) is 0 Å². The van der Waals surface area contributed by atoms with E-state index in [0.717, 1.165) is 0 Å². The summed E-state index contributed by atoms with van der Waals surface area (Å²) >= 11 is 8.97. The predicted molar refractivity (Wildman–Crippen MR) is 16.2 cm³/mol. The van der Waals surface area contributed by atoms with Crippen molar-refractivity contribution in [3.05, 3.63) is 0 Å². The van der Waals surface area contributed by atoms with E-state index in [1.54, 1.807) is 0 Å². The molecule has 0 aliphatic carbocycles. The van der Waals surface area contributed by atoms with Crippen molar-refractivity contribution in [2.45, 2.75) is 5.02 Å². The highest BCUT2D eigenvalue weighted by atomic mass is 35.5. The Bertz CT molecular complexity index is 10.8. The SMILES string of the molecule is [O]C(Cl)Cl. The summed E-state index contributed by atoms with van der Waals surface area (Å²) in [6.45, 7) is 0. The number of alkyl halides is 2. The van der Waals surface area contributed by atoms with Gasteiger partial charge >= 0.3 is 0 Å². The van der Waals surface area contributed by atoms with Crippen molar-refractivity contribution in [2.24, 2.45) is 0 Å². The average Bonchev–Trinajstić information content (AvgIpc) is 0.811. The van der Waals surface area contributed by atoms with Gasteiger partial charge in [-0.05, 0) is 0 Å². The molecule has 0 atom stereocenters. The highest BCUT2D eigenvalue weighted by Gasteiger charge is 1.81. The van der Waals surface area contributed by atoms with Gasteiger partial charge in [0.15, 0.2) is 0 Å². The summed E-state index contributed by atoms with van der Waals surface area (Å²) < 4.78 is 0. The lowest BCUT2D eigenvalue weighted by molar-refractivity contribution is 0.222. The minimum absolute atomic E-state index is 1.47. The molecule has 25 valence electrons. The van der Waals surface area contributed by atoms with Gasteiger partial charge in [0.25, 0.3) is 0 Å². The molecule has 4 heavy (non-hydrogen) atoms. The fourth-order valence-electron chi connectivity index (χ4n) is 0. The molecule has 0 bridgehead atoms. The molecule has 0 saturated carbocycles. The van der Waals surface area contributed by atoms with Gasteiger partial charge in [-0.1, -0.05) is 23.2 Å². The van der Waals surface area contributed by atoms with Crippen molar-refractivity contribution in [1.29, 1.82) is 0 Å². The lowest BCUT2D eigenvalue weighted by Crippen LogP contribution is -1.68. The molecule has 0 heterocycles. The van der Waals surface area contributed by atoms with Gasteiger partial charge in [0.1, 0.15) is 0 Å². The fraction of sp³-hybridized carbons (Fsp3) is 1.00. The summed E-state index contributed by atoms with van der Waals surface area (Å²) in [5, 5.41) is 7.59. The Morgan fingerprint density at radius 1 is 1.50 bits per heavy atom. The Labute approximate surface area is 34.1 Å². The van der Waals surface area contributed by atoms with Crippen LogP contribution >= 0.6 is 23.2 Å². The maximum absolute atomic E-state index is 9.06. The van der Waals surface area contributed by atoms with Crippen LogP contribution < -0.4 is 0 Å². The van der Waals surface area contributed by atoms with Crippen LogP contribution in [0.15, 0.2) is 0 Å². The van der Waals surface area contributed by atoms with Gasteiger partial charge in [-0.25, -0.2) is 0 Å². The smallest absolute Gasteiger partial charge is 0.197 e. The zero-order chi connectivity index (χ0) is 3.58. The van der Waals surface area contributed by atoms with Crippen LogP contribution in [0.5, 0.6) is 0 Å². The summed E-state index contributed by atoms with van der Waals surface area (Å²) in [5.74, 6) is 0. The average molecular weight is 99.9 g/mol. The van der Waals surface area contributed by atoms with E-state index in [2.05, 4.69) is 23.2 Å². The van der Waals surface area contributed by atoms with Crippen molar-refractivity contribution in [3.63, 3.8) is 0 Å². The maximum atomic E-state index is 9.06. The Morgan fingerprint density at radius 2 is 1.50 bits per heavy atom. The van der Waals surface area contributed by atoms with Crippen LogP contribution in [0.1, 0.15) is 0 Å². The number of hydrogen-bond donors (Lipinski definition) is 0. The van der Waals surface area contributed by atoms with Gasteiger partial charge < -0.3 is 0 Å². The lowest BCUT2D eigenvalue weighted by atomic mass is 11.7. The highest BCUT2D eigenvalue weighted by Crippen LogP contribution is 1.92. The topological polar surface area (TPSA) is 19.9 Å². The summed E-state index contributed by atoms with van der Waals surface area (Å²) in [6, 6.07) is 0. The molecular formula is CHCl2O. The minimum atomic E-state index is -1.47. The van der Waals surface area contributed by atoms with Crippen LogP contribution in [0.4, 0.5) is 0 Å². The normalized spacial score (nSPS) is 9.00. The van der Waals surface area contributed by atoms with Gasteiger partial charge in [0, 0.05) is 0 Å².